The molecule has 94 valence electrons. The van der Waals surface area contributed by atoms with E-state index in [1.165, 1.54) is 18.2 Å². The molecule has 0 amide bonds. The molecule has 0 bridgehead atoms. The Morgan fingerprint density at radius 1 is 1.26 bits per heavy atom. The van der Waals surface area contributed by atoms with E-state index in [2.05, 4.69) is 0 Å². The topological polar surface area (TPSA) is 50.1 Å². The van der Waals surface area contributed by atoms with Gasteiger partial charge in [0.05, 0.1) is 0 Å². The van der Waals surface area contributed by atoms with E-state index in [1.807, 2.05) is 0 Å². The van der Waals surface area contributed by atoms with Gasteiger partial charge in [-0.05, 0) is 30.7 Å². The molecule has 0 atom stereocenters. The Bertz CT molecular complexity index is 674. The molecule has 2 aromatic carbocycles. The fourth-order valence-corrected chi connectivity index (χ4v) is 1.62. The molecule has 0 unspecified atom stereocenters. The highest BCUT2D eigenvalue weighted by molar-refractivity contribution is 5.76. The van der Waals surface area contributed by atoms with Gasteiger partial charge in [0.2, 0.25) is 0 Å². The van der Waals surface area contributed by atoms with E-state index < -0.39 is 5.82 Å². The molecule has 0 heterocycles. The van der Waals surface area contributed by atoms with Crippen molar-refractivity contribution < 1.29 is 13.9 Å². The average molecular weight is 255 g/mol. The van der Waals surface area contributed by atoms with Crippen molar-refractivity contribution in [2.24, 2.45) is 0 Å². The lowest BCUT2D eigenvalue weighted by atomic mass is 10.1. The Hall–Kier alpha value is -2.67. The number of hydrogen-bond acceptors (Lipinski definition) is 3. The molecular weight excluding hydrogens is 245 g/mol. The summed E-state index contributed by atoms with van der Waals surface area (Å²) in [5.74, 6) is -0.0791. The molecule has 0 aliphatic heterocycles. The van der Waals surface area contributed by atoms with Crippen LogP contribution in [0.25, 0.3) is 0 Å². The fraction of sp³-hybridized carbons (Fsp3) is 0.0667. The predicted octanol–water partition coefficient (Wildman–Crippen LogP) is 3.61. The number of carbonyl (C=O) groups is 1. The highest BCUT2D eigenvalue weighted by Crippen LogP contribution is 2.29. The summed E-state index contributed by atoms with van der Waals surface area (Å²) in [4.78, 5) is 10.7. The number of ether oxygens (including phenoxy) is 1. The first kappa shape index (κ1) is 12.8. The van der Waals surface area contributed by atoms with Crippen LogP contribution in [0.3, 0.4) is 0 Å². The van der Waals surface area contributed by atoms with Crippen molar-refractivity contribution in [2.45, 2.75) is 6.92 Å². The number of nitrogens with zero attached hydrogens (tertiary/aromatic N) is 1. The number of benzene rings is 2. The first-order valence-corrected chi connectivity index (χ1v) is 5.58. The Balaban J connectivity index is 2.45. The maximum absolute atomic E-state index is 13.4. The molecular formula is C15H10FNO2. The van der Waals surface area contributed by atoms with Gasteiger partial charge in [0.15, 0.2) is 0 Å². The van der Waals surface area contributed by atoms with E-state index >= 15 is 0 Å². The number of aryl methyl sites for hydroxylation is 1. The Kier molecular flexibility index (Phi) is 3.58. The smallest absolute Gasteiger partial charge is 0.150 e. The molecule has 0 fully saturated rings. The Labute approximate surface area is 109 Å². The van der Waals surface area contributed by atoms with Crippen LogP contribution in [0.2, 0.25) is 0 Å². The number of rotatable bonds is 3. The van der Waals surface area contributed by atoms with Gasteiger partial charge in [0, 0.05) is 5.56 Å². The van der Waals surface area contributed by atoms with Crippen molar-refractivity contribution >= 4 is 6.29 Å². The van der Waals surface area contributed by atoms with Gasteiger partial charge in [-0.2, -0.15) is 5.26 Å². The minimum absolute atomic E-state index is 0.133. The molecule has 3 nitrogen and oxygen atoms in total. The second-order valence-corrected chi connectivity index (χ2v) is 3.97. The zero-order chi connectivity index (χ0) is 13.8. The van der Waals surface area contributed by atoms with Crippen LogP contribution in [0, 0.1) is 24.1 Å². The van der Waals surface area contributed by atoms with Gasteiger partial charge in [0.1, 0.15) is 35.2 Å². The summed E-state index contributed by atoms with van der Waals surface area (Å²) < 4.78 is 19.0. The standard InChI is InChI=1S/C15H10FNO2/c1-10-5-6-11(9-18)7-15(10)19-14-4-2-3-13(16)12(14)8-17/h2-7,9H,1H3. The minimum Gasteiger partial charge on any atom is -0.456 e. The SMILES string of the molecule is Cc1ccc(C=O)cc1Oc1cccc(F)c1C#N. The monoisotopic (exact) mass is 255 g/mol. The van der Waals surface area contributed by atoms with Crippen LogP contribution in [0.4, 0.5) is 4.39 Å². The maximum atomic E-state index is 13.4. The van der Waals surface area contributed by atoms with Crippen molar-refractivity contribution in [1.82, 2.24) is 0 Å². The zero-order valence-electron chi connectivity index (χ0n) is 10.2. The van der Waals surface area contributed by atoms with Gasteiger partial charge < -0.3 is 4.74 Å². The van der Waals surface area contributed by atoms with Crippen molar-refractivity contribution in [2.75, 3.05) is 0 Å². The minimum atomic E-state index is -0.635. The van der Waals surface area contributed by atoms with Crippen molar-refractivity contribution in [3.63, 3.8) is 0 Å². The summed E-state index contributed by atoms with van der Waals surface area (Å²) in [6, 6.07) is 10.9. The highest BCUT2D eigenvalue weighted by atomic mass is 19.1. The first-order chi connectivity index (χ1) is 9.15. The van der Waals surface area contributed by atoms with Crippen molar-refractivity contribution in [3.8, 4) is 17.6 Å². The Morgan fingerprint density at radius 3 is 2.74 bits per heavy atom. The van der Waals surface area contributed by atoms with E-state index in [1.54, 1.807) is 31.2 Å². The van der Waals surface area contributed by atoms with Crippen LogP contribution < -0.4 is 4.74 Å². The van der Waals surface area contributed by atoms with Gasteiger partial charge in [0.25, 0.3) is 0 Å². The number of hydrogen-bond donors (Lipinski definition) is 0. The number of halogens is 1. The van der Waals surface area contributed by atoms with Crippen LogP contribution in [0.5, 0.6) is 11.5 Å². The molecule has 0 N–H and O–H groups in total. The molecule has 4 heteroatoms. The second kappa shape index (κ2) is 5.32. The number of carbonyl (C=O) groups excluding carboxylic acids is 1. The van der Waals surface area contributed by atoms with Gasteiger partial charge in [-0.1, -0.05) is 18.2 Å². The fourth-order valence-electron chi connectivity index (χ4n) is 1.62. The largest absolute Gasteiger partial charge is 0.456 e. The molecule has 0 aliphatic carbocycles. The highest BCUT2D eigenvalue weighted by Gasteiger charge is 2.11. The van der Waals surface area contributed by atoms with Crippen LogP contribution in [-0.2, 0) is 0 Å². The summed E-state index contributed by atoms with van der Waals surface area (Å²) >= 11 is 0. The molecule has 0 radical (unpaired) electrons. The Morgan fingerprint density at radius 2 is 2.05 bits per heavy atom. The molecule has 0 aliphatic rings. The summed E-state index contributed by atoms with van der Waals surface area (Å²) in [6.07, 6.45) is 0.698. The number of nitriles is 1. The van der Waals surface area contributed by atoms with E-state index in [4.69, 9.17) is 10.00 Å². The third-order valence-corrected chi connectivity index (χ3v) is 2.66. The second-order valence-electron chi connectivity index (χ2n) is 3.97. The van der Waals surface area contributed by atoms with Gasteiger partial charge in [-0.25, -0.2) is 4.39 Å². The third kappa shape index (κ3) is 2.61. The van der Waals surface area contributed by atoms with Crippen LogP contribution in [0.15, 0.2) is 36.4 Å². The van der Waals surface area contributed by atoms with E-state index in [-0.39, 0.29) is 11.3 Å². The third-order valence-electron chi connectivity index (χ3n) is 2.66. The van der Waals surface area contributed by atoms with Crippen LogP contribution in [-0.4, -0.2) is 6.29 Å². The van der Waals surface area contributed by atoms with Gasteiger partial charge in [-0.3, -0.25) is 4.79 Å². The zero-order valence-corrected chi connectivity index (χ0v) is 10.2. The van der Waals surface area contributed by atoms with Crippen LogP contribution in [0.1, 0.15) is 21.5 Å². The quantitative estimate of drug-likeness (QED) is 0.787. The number of aldehydes is 1. The lowest BCUT2D eigenvalue weighted by Gasteiger charge is -2.10. The van der Waals surface area contributed by atoms with Gasteiger partial charge in [-0.15, -0.1) is 0 Å². The summed E-state index contributed by atoms with van der Waals surface area (Å²) in [7, 11) is 0. The molecule has 0 saturated heterocycles. The van der Waals surface area contributed by atoms with Crippen molar-refractivity contribution in [3.05, 3.63) is 58.9 Å². The summed E-state index contributed by atoms with van der Waals surface area (Å²) in [5, 5.41) is 8.92. The molecule has 0 spiro atoms. The maximum Gasteiger partial charge on any atom is 0.150 e. The summed E-state index contributed by atoms with van der Waals surface area (Å²) in [5.41, 5.74) is 1.09. The lowest BCUT2D eigenvalue weighted by molar-refractivity contribution is 0.112. The van der Waals surface area contributed by atoms with Crippen LogP contribution >= 0.6 is 0 Å². The lowest BCUT2D eigenvalue weighted by Crippen LogP contribution is -1.94. The molecule has 0 aromatic heterocycles. The van der Waals surface area contributed by atoms with E-state index in [9.17, 15) is 9.18 Å². The van der Waals surface area contributed by atoms with Crippen molar-refractivity contribution in [1.29, 1.82) is 5.26 Å². The summed E-state index contributed by atoms with van der Waals surface area (Å²) in [6.45, 7) is 1.80. The van der Waals surface area contributed by atoms with E-state index in [0.717, 1.165) is 5.56 Å². The predicted molar refractivity (Wildman–Crippen MR) is 67.8 cm³/mol. The molecule has 0 saturated carbocycles. The first-order valence-electron chi connectivity index (χ1n) is 5.58. The normalized spacial score (nSPS) is 9.74. The van der Waals surface area contributed by atoms with Gasteiger partial charge >= 0.3 is 0 Å². The molecule has 2 rings (SSSR count). The molecule has 19 heavy (non-hydrogen) atoms. The molecule has 2 aromatic rings. The average Bonchev–Trinajstić information content (AvgIpc) is 2.41. The van der Waals surface area contributed by atoms with E-state index in [0.29, 0.717) is 17.6 Å².